The summed E-state index contributed by atoms with van der Waals surface area (Å²) in [6.07, 6.45) is 0. The van der Waals surface area contributed by atoms with Crippen molar-refractivity contribution >= 4 is 23.4 Å². The molecule has 0 saturated carbocycles. The molecule has 0 spiro atoms. The summed E-state index contributed by atoms with van der Waals surface area (Å²) in [6, 6.07) is 17.1. The van der Waals surface area contributed by atoms with E-state index in [0.717, 1.165) is 41.8 Å². The third-order valence-electron chi connectivity index (χ3n) is 3.59. The molecule has 0 bridgehead atoms. The molecule has 2 aromatic carbocycles. The van der Waals surface area contributed by atoms with Crippen LogP contribution < -0.4 is 10.1 Å². The number of amides is 1. The van der Waals surface area contributed by atoms with Crippen molar-refractivity contribution in [2.75, 3.05) is 36.5 Å². The van der Waals surface area contributed by atoms with Crippen LogP contribution in [0.4, 0.5) is 5.69 Å². The first-order chi connectivity index (χ1) is 11.3. The smallest absolute Gasteiger partial charge is 0.238 e. The molecular formula is C18H20N2O2S. The number of nitrogens with zero attached hydrogens (tertiary/aromatic N) is 1. The van der Waals surface area contributed by atoms with E-state index in [2.05, 4.69) is 10.2 Å². The second kappa shape index (κ2) is 8.04. The third kappa shape index (κ3) is 5.01. The predicted octanol–water partition coefficient (Wildman–Crippen LogP) is 3.47. The number of anilines is 1. The fraction of sp³-hybridized carbons (Fsp3) is 0.278. The van der Waals surface area contributed by atoms with E-state index in [1.54, 1.807) is 0 Å². The number of hydrogen-bond donors (Lipinski definition) is 1. The van der Waals surface area contributed by atoms with E-state index in [-0.39, 0.29) is 5.91 Å². The number of ether oxygens (including phenoxy) is 1. The molecule has 0 radical (unpaired) electrons. The minimum absolute atomic E-state index is 0.0358. The summed E-state index contributed by atoms with van der Waals surface area (Å²) in [6.45, 7) is 2.44. The summed E-state index contributed by atoms with van der Waals surface area (Å²) in [5, 5.41) is 2.94. The predicted molar refractivity (Wildman–Crippen MR) is 95.4 cm³/mol. The Labute approximate surface area is 140 Å². The second-order valence-electron chi connectivity index (χ2n) is 5.38. The maximum atomic E-state index is 12.1. The van der Waals surface area contributed by atoms with Crippen molar-refractivity contribution in [3.8, 4) is 11.5 Å². The molecule has 1 aliphatic heterocycles. The van der Waals surface area contributed by atoms with E-state index in [4.69, 9.17) is 4.74 Å². The minimum atomic E-state index is 0.0358. The van der Waals surface area contributed by atoms with E-state index >= 15 is 0 Å². The first-order valence-corrected chi connectivity index (χ1v) is 8.88. The van der Waals surface area contributed by atoms with Gasteiger partial charge in [0.2, 0.25) is 5.91 Å². The van der Waals surface area contributed by atoms with Gasteiger partial charge in [0.1, 0.15) is 11.5 Å². The molecule has 1 aliphatic rings. The quantitative estimate of drug-likeness (QED) is 0.912. The first-order valence-electron chi connectivity index (χ1n) is 7.72. The van der Waals surface area contributed by atoms with Gasteiger partial charge in [-0.15, -0.1) is 0 Å². The molecule has 4 nitrogen and oxygen atoms in total. The van der Waals surface area contributed by atoms with E-state index in [1.165, 1.54) is 0 Å². The zero-order valence-corrected chi connectivity index (χ0v) is 13.7. The summed E-state index contributed by atoms with van der Waals surface area (Å²) < 4.78 is 5.74. The molecule has 2 aromatic rings. The SMILES string of the molecule is O=C(CN1CCSCC1)Nc1ccc(Oc2ccccc2)cc1. The Morgan fingerprint density at radius 3 is 2.35 bits per heavy atom. The van der Waals surface area contributed by atoms with Gasteiger partial charge in [-0.1, -0.05) is 18.2 Å². The van der Waals surface area contributed by atoms with Gasteiger partial charge in [-0.2, -0.15) is 11.8 Å². The molecule has 1 amide bonds. The monoisotopic (exact) mass is 328 g/mol. The van der Waals surface area contributed by atoms with Crippen LogP contribution in [0.2, 0.25) is 0 Å². The molecule has 3 rings (SSSR count). The normalized spacial score (nSPS) is 15.1. The van der Waals surface area contributed by atoms with Crippen LogP contribution in [0.3, 0.4) is 0 Å². The molecule has 0 atom stereocenters. The molecule has 1 saturated heterocycles. The Morgan fingerprint density at radius 2 is 1.65 bits per heavy atom. The van der Waals surface area contributed by atoms with Crippen LogP contribution in [0, 0.1) is 0 Å². The van der Waals surface area contributed by atoms with Gasteiger partial charge in [0.25, 0.3) is 0 Å². The van der Waals surface area contributed by atoms with E-state index in [9.17, 15) is 4.79 Å². The average molecular weight is 328 g/mol. The van der Waals surface area contributed by atoms with Crippen molar-refractivity contribution in [1.29, 1.82) is 0 Å². The molecule has 0 aliphatic carbocycles. The number of rotatable bonds is 5. The minimum Gasteiger partial charge on any atom is -0.457 e. The van der Waals surface area contributed by atoms with Crippen LogP contribution in [0.5, 0.6) is 11.5 Å². The molecular weight excluding hydrogens is 308 g/mol. The van der Waals surface area contributed by atoms with Crippen molar-refractivity contribution in [3.63, 3.8) is 0 Å². The summed E-state index contributed by atoms with van der Waals surface area (Å²) in [4.78, 5) is 14.3. The highest BCUT2D eigenvalue weighted by Crippen LogP contribution is 2.22. The van der Waals surface area contributed by atoms with Crippen LogP contribution in [0.15, 0.2) is 54.6 Å². The van der Waals surface area contributed by atoms with Crippen LogP contribution in [0.25, 0.3) is 0 Å². The zero-order valence-electron chi connectivity index (χ0n) is 12.9. The largest absolute Gasteiger partial charge is 0.457 e. The Hall–Kier alpha value is -1.98. The maximum absolute atomic E-state index is 12.1. The van der Waals surface area contributed by atoms with Crippen molar-refractivity contribution in [3.05, 3.63) is 54.6 Å². The van der Waals surface area contributed by atoms with Crippen molar-refractivity contribution in [2.24, 2.45) is 0 Å². The van der Waals surface area contributed by atoms with E-state index < -0.39 is 0 Å². The average Bonchev–Trinajstić information content (AvgIpc) is 2.58. The number of benzene rings is 2. The summed E-state index contributed by atoms with van der Waals surface area (Å²) in [5.41, 5.74) is 0.793. The number of carbonyl (C=O) groups excluding carboxylic acids is 1. The van der Waals surface area contributed by atoms with Gasteiger partial charge in [0, 0.05) is 30.3 Å². The molecule has 0 unspecified atom stereocenters. The molecule has 1 heterocycles. The van der Waals surface area contributed by atoms with Gasteiger partial charge < -0.3 is 10.1 Å². The molecule has 5 heteroatoms. The lowest BCUT2D eigenvalue weighted by Gasteiger charge is -2.25. The lowest BCUT2D eigenvalue weighted by Crippen LogP contribution is -2.38. The van der Waals surface area contributed by atoms with Crippen molar-refractivity contribution < 1.29 is 9.53 Å². The molecule has 120 valence electrons. The van der Waals surface area contributed by atoms with Crippen LogP contribution in [0.1, 0.15) is 0 Å². The highest BCUT2D eigenvalue weighted by Gasteiger charge is 2.14. The molecule has 1 N–H and O–H groups in total. The van der Waals surface area contributed by atoms with Crippen LogP contribution >= 0.6 is 11.8 Å². The number of nitrogens with one attached hydrogen (secondary N) is 1. The summed E-state index contributed by atoms with van der Waals surface area (Å²) in [7, 11) is 0. The summed E-state index contributed by atoms with van der Waals surface area (Å²) >= 11 is 1.94. The number of hydrogen-bond acceptors (Lipinski definition) is 4. The van der Waals surface area contributed by atoms with E-state index in [1.807, 2.05) is 66.4 Å². The first kappa shape index (κ1) is 15.9. The van der Waals surface area contributed by atoms with Gasteiger partial charge in [0.15, 0.2) is 0 Å². The third-order valence-corrected chi connectivity index (χ3v) is 4.53. The Balaban J connectivity index is 1.51. The van der Waals surface area contributed by atoms with Crippen molar-refractivity contribution in [1.82, 2.24) is 4.90 Å². The summed E-state index contributed by atoms with van der Waals surface area (Å²) in [5.74, 6) is 3.81. The second-order valence-corrected chi connectivity index (χ2v) is 6.60. The Kier molecular flexibility index (Phi) is 5.56. The van der Waals surface area contributed by atoms with Gasteiger partial charge in [0.05, 0.1) is 6.54 Å². The lowest BCUT2D eigenvalue weighted by atomic mass is 10.3. The lowest BCUT2D eigenvalue weighted by molar-refractivity contribution is -0.117. The van der Waals surface area contributed by atoms with E-state index in [0.29, 0.717) is 6.54 Å². The molecule has 1 fully saturated rings. The standard InChI is InChI=1S/C18H20N2O2S/c21-18(14-20-10-12-23-13-11-20)19-15-6-8-17(9-7-15)22-16-4-2-1-3-5-16/h1-9H,10-14H2,(H,19,21). The van der Waals surface area contributed by atoms with Gasteiger partial charge in [-0.25, -0.2) is 0 Å². The Bertz CT molecular complexity index is 625. The topological polar surface area (TPSA) is 41.6 Å². The highest BCUT2D eigenvalue weighted by molar-refractivity contribution is 7.99. The van der Waals surface area contributed by atoms with Gasteiger partial charge >= 0.3 is 0 Å². The van der Waals surface area contributed by atoms with Crippen LogP contribution in [-0.4, -0.2) is 41.9 Å². The maximum Gasteiger partial charge on any atom is 0.238 e. The number of carbonyl (C=O) groups is 1. The van der Waals surface area contributed by atoms with Gasteiger partial charge in [-0.3, -0.25) is 9.69 Å². The highest BCUT2D eigenvalue weighted by atomic mass is 32.2. The van der Waals surface area contributed by atoms with Crippen LogP contribution in [-0.2, 0) is 4.79 Å². The fourth-order valence-corrected chi connectivity index (χ4v) is 3.37. The molecule has 0 aromatic heterocycles. The Morgan fingerprint density at radius 1 is 1.00 bits per heavy atom. The number of thioether (sulfide) groups is 1. The van der Waals surface area contributed by atoms with Gasteiger partial charge in [-0.05, 0) is 36.4 Å². The van der Waals surface area contributed by atoms with Crippen molar-refractivity contribution in [2.45, 2.75) is 0 Å². The molecule has 23 heavy (non-hydrogen) atoms. The fourth-order valence-electron chi connectivity index (χ4n) is 2.39. The number of para-hydroxylation sites is 1. The zero-order chi connectivity index (χ0) is 15.9.